The molecule has 0 bridgehead atoms. The van der Waals surface area contributed by atoms with Gasteiger partial charge in [0.15, 0.2) is 0 Å². The first-order chi connectivity index (χ1) is 11.2. The molecule has 0 fully saturated rings. The molecule has 24 heavy (non-hydrogen) atoms. The molecule has 2 unspecified atom stereocenters. The fourth-order valence-electron chi connectivity index (χ4n) is 3.44. The van der Waals surface area contributed by atoms with Crippen LogP contribution >= 0.6 is 0 Å². The lowest BCUT2D eigenvalue weighted by molar-refractivity contribution is 0.298. The van der Waals surface area contributed by atoms with Crippen molar-refractivity contribution in [2.45, 2.75) is 53.5 Å². The molecule has 2 atom stereocenters. The molecule has 0 aliphatic carbocycles. The zero-order valence-corrected chi connectivity index (χ0v) is 16.2. The first-order valence-corrected chi connectivity index (χ1v) is 8.75. The smallest absolute Gasteiger partial charge is 0.0989 e. The van der Waals surface area contributed by atoms with E-state index in [1.807, 2.05) is 0 Å². The van der Waals surface area contributed by atoms with Crippen LogP contribution in [-0.2, 0) is 0 Å². The van der Waals surface area contributed by atoms with Crippen molar-refractivity contribution in [2.24, 2.45) is 5.92 Å². The third kappa shape index (κ3) is 4.77. The summed E-state index contributed by atoms with van der Waals surface area (Å²) < 4.78 is 0. The fraction of sp³-hybridized carbons (Fsp3) is 0.455. The second kappa shape index (κ2) is 8.77. The molecule has 2 nitrogen and oxygen atoms in total. The Bertz CT molecular complexity index is 585. The van der Waals surface area contributed by atoms with Gasteiger partial charge in [-0.15, -0.1) is 0 Å². The van der Waals surface area contributed by atoms with Crippen LogP contribution in [0.2, 0.25) is 0 Å². The highest BCUT2D eigenvalue weighted by atomic mass is 15.3. The third-order valence-corrected chi connectivity index (χ3v) is 4.56. The van der Waals surface area contributed by atoms with Crippen molar-refractivity contribution in [1.29, 1.82) is 0 Å². The number of hydrogen-bond acceptors (Lipinski definition) is 2. The molecule has 1 heterocycles. The number of hydrogen-bond donors (Lipinski definition) is 1. The van der Waals surface area contributed by atoms with Gasteiger partial charge in [0.05, 0.1) is 11.9 Å². The molecule has 0 aromatic rings. The molecule has 0 saturated carbocycles. The molecule has 0 amide bonds. The van der Waals surface area contributed by atoms with E-state index in [2.05, 4.69) is 83.3 Å². The summed E-state index contributed by atoms with van der Waals surface area (Å²) in [6, 6.07) is 0.166. The lowest BCUT2D eigenvalue weighted by Crippen LogP contribution is -2.39. The summed E-state index contributed by atoms with van der Waals surface area (Å²) in [6.07, 6.45) is 6.32. The molecular formula is C22H34N2. The molecule has 1 aliphatic rings. The summed E-state index contributed by atoms with van der Waals surface area (Å²) in [6.45, 7) is 28.4. The Kier molecular flexibility index (Phi) is 7.34. The normalized spacial score (nSPS) is 22.5. The minimum absolute atomic E-state index is 0.166. The van der Waals surface area contributed by atoms with Crippen molar-refractivity contribution in [3.63, 3.8) is 0 Å². The molecule has 1 N–H and O–H groups in total. The molecule has 0 spiro atoms. The lowest BCUT2D eigenvalue weighted by atomic mass is 9.83. The molecule has 1 rings (SSSR count). The van der Waals surface area contributed by atoms with Gasteiger partial charge in [-0.25, -0.2) is 0 Å². The van der Waals surface area contributed by atoms with Crippen molar-refractivity contribution in [2.75, 3.05) is 6.54 Å². The van der Waals surface area contributed by atoms with Gasteiger partial charge in [-0.1, -0.05) is 62.1 Å². The topological polar surface area (TPSA) is 15.3 Å². The quantitative estimate of drug-likeness (QED) is 0.514. The molecular weight excluding hydrogens is 292 g/mol. The Balaban J connectivity index is 3.37. The van der Waals surface area contributed by atoms with Crippen molar-refractivity contribution < 1.29 is 0 Å². The third-order valence-electron chi connectivity index (χ3n) is 4.56. The molecule has 0 aromatic carbocycles. The van der Waals surface area contributed by atoms with E-state index in [1.165, 1.54) is 11.1 Å². The van der Waals surface area contributed by atoms with Crippen LogP contribution in [0, 0.1) is 5.92 Å². The van der Waals surface area contributed by atoms with E-state index in [0.717, 1.165) is 42.1 Å². The Labute approximate surface area is 149 Å². The summed E-state index contributed by atoms with van der Waals surface area (Å²) in [5.74, 6) is 1.21. The Hall–Kier alpha value is -1.96. The lowest BCUT2D eigenvalue weighted by Gasteiger charge is -2.38. The van der Waals surface area contributed by atoms with Gasteiger partial charge in [-0.3, -0.25) is 0 Å². The number of nitrogens with zero attached hydrogens (tertiary/aromatic N) is 1. The average Bonchev–Trinajstić information content (AvgIpc) is 2.55. The van der Waals surface area contributed by atoms with Gasteiger partial charge < -0.3 is 10.2 Å². The number of rotatable bonds is 5. The second-order valence-electron chi connectivity index (χ2n) is 6.94. The maximum absolute atomic E-state index is 4.26. The molecule has 0 saturated heterocycles. The molecule has 1 aliphatic heterocycles. The predicted octanol–water partition coefficient (Wildman–Crippen LogP) is 5.71. The van der Waals surface area contributed by atoms with E-state index >= 15 is 0 Å². The van der Waals surface area contributed by atoms with Gasteiger partial charge in [0, 0.05) is 18.2 Å². The SMILES string of the molecule is C=C(C)C(=C(C)C)C1/C=C\CNC(=C)N(C(=C)CC)C(C(=C)C)C1. The first kappa shape index (κ1) is 20.1. The Morgan fingerprint density at radius 3 is 2.29 bits per heavy atom. The van der Waals surface area contributed by atoms with Crippen LogP contribution in [0.25, 0.3) is 0 Å². The minimum atomic E-state index is 0.166. The number of allylic oxidation sites excluding steroid dienone is 5. The van der Waals surface area contributed by atoms with E-state index in [9.17, 15) is 0 Å². The van der Waals surface area contributed by atoms with Crippen LogP contribution in [0.15, 0.2) is 72.3 Å². The van der Waals surface area contributed by atoms with Crippen molar-refractivity contribution in [3.8, 4) is 0 Å². The van der Waals surface area contributed by atoms with E-state index in [0.29, 0.717) is 5.92 Å². The van der Waals surface area contributed by atoms with Gasteiger partial charge in [0.2, 0.25) is 0 Å². The van der Waals surface area contributed by atoms with E-state index in [4.69, 9.17) is 0 Å². The Morgan fingerprint density at radius 2 is 1.83 bits per heavy atom. The Morgan fingerprint density at radius 1 is 1.21 bits per heavy atom. The van der Waals surface area contributed by atoms with Gasteiger partial charge >= 0.3 is 0 Å². The van der Waals surface area contributed by atoms with E-state index < -0.39 is 0 Å². The standard InChI is InChI=1S/C22H34N2/c1-10-18(8)24-19(9)23-13-11-12-20(14-21(24)15(2)3)22(16(4)5)17(6)7/h11-12,20-21,23H,2,4,8-10,13-14H2,1,3,5-7H3/b12-11-. The maximum Gasteiger partial charge on any atom is 0.0989 e. The van der Waals surface area contributed by atoms with Crippen molar-refractivity contribution >= 4 is 0 Å². The highest BCUT2D eigenvalue weighted by molar-refractivity contribution is 5.36. The van der Waals surface area contributed by atoms with Gasteiger partial charge in [-0.2, -0.15) is 0 Å². The van der Waals surface area contributed by atoms with E-state index in [1.54, 1.807) is 0 Å². The average molecular weight is 327 g/mol. The van der Waals surface area contributed by atoms with Gasteiger partial charge in [-0.05, 0) is 46.1 Å². The van der Waals surface area contributed by atoms with Gasteiger partial charge in [0.1, 0.15) is 0 Å². The molecule has 0 aromatic heterocycles. The largest absolute Gasteiger partial charge is 0.368 e. The highest BCUT2D eigenvalue weighted by Crippen LogP contribution is 2.33. The molecule has 0 radical (unpaired) electrons. The fourth-order valence-corrected chi connectivity index (χ4v) is 3.44. The van der Waals surface area contributed by atoms with Crippen LogP contribution in [0.5, 0.6) is 0 Å². The summed E-state index contributed by atoms with van der Waals surface area (Å²) in [4.78, 5) is 2.23. The summed E-state index contributed by atoms with van der Waals surface area (Å²) in [7, 11) is 0. The zero-order chi connectivity index (χ0) is 18.4. The van der Waals surface area contributed by atoms with Crippen molar-refractivity contribution in [3.05, 3.63) is 72.3 Å². The van der Waals surface area contributed by atoms with Crippen LogP contribution < -0.4 is 5.32 Å². The first-order valence-electron chi connectivity index (χ1n) is 8.75. The minimum Gasteiger partial charge on any atom is -0.368 e. The number of nitrogens with one attached hydrogen (secondary N) is 1. The van der Waals surface area contributed by atoms with Crippen LogP contribution in [0.4, 0.5) is 0 Å². The summed E-state index contributed by atoms with van der Waals surface area (Å²) >= 11 is 0. The highest BCUT2D eigenvalue weighted by Gasteiger charge is 2.27. The predicted molar refractivity (Wildman–Crippen MR) is 107 cm³/mol. The maximum atomic E-state index is 4.26. The second-order valence-corrected chi connectivity index (χ2v) is 6.94. The monoisotopic (exact) mass is 326 g/mol. The van der Waals surface area contributed by atoms with E-state index in [-0.39, 0.29) is 6.04 Å². The van der Waals surface area contributed by atoms with Gasteiger partial charge in [0.25, 0.3) is 0 Å². The summed E-state index contributed by atoms with van der Waals surface area (Å²) in [5.41, 5.74) is 5.99. The molecule has 2 heteroatoms. The summed E-state index contributed by atoms with van der Waals surface area (Å²) in [5, 5.41) is 3.40. The van der Waals surface area contributed by atoms with Crippen LogP contribution in [0.1, 0.15) is 47.5 Å². The molecule has 132 valence electrons. The van der Waals surface area contributed by atoms with Crippen LogP contribution in [0.3, 0.4) is 0 Å². The van der Waals surface area contributed by atoms with Crippen molar-refractivity contribution in [1.82, 2.24) is 10.2 Å². The van der Waals surface area contributed by atoms with Crippen LogP contribution in [-0.4, -0.2) is 17.5 Å². The zero-order valence-electron chi connectivity index (χ0n) is 16.2.